The summed E-state index contributed by atoms with van der Waals surface area (Å²) in [6, 6.07) is 11.6. The Morgan fingerprint density at radius 1 is 0.913 bits per heavy atom. The minimum Gasteiger partial charge on any atom is -0.262 e. The zero-order chi connectivity index (χ0) is 17.3. The molecule has 0 fully saturated rings. The second kappa shape index (κ2) is 6.33. The predicted molar refractivity (Wildman–Crippen MR) is 81.2 cm³/mol. The van der Waals surface area contributed by atoms with E-state index in [9.17, 15) is 21.6 Å². The fraction of sp³-hybridized carbons (Fsp3) is 0.250. The molecule has 2 rings (SSSR count). The van der Waals surface area contributed by atoms with Gasteiger partial charge in [-0.15, -0.1) is 0 Å². The van der Waals surface area contributed by atoms with E-state index in [1.807, 2.05) is 0 Å². The largest absolute Gasteiger partial charge is 0.416 e. The summed E-state index contributed by atoms with van der Waals surface area (Å²) in [5.74, 6) is 0. The van der Waals surface area contributed by atoms with Crippen molar-refractivity contribution < 1.29 is 25.8 Å². The van der Waals surface area contributed by atoms with Gasteiger partial charge >= 0.3 is 6.18 Å². The average Bonchev–Trinajstić information content (AvgIpc) is 2.45. The zero-order valence-electron chi connectivity index (χ0n) is 12.5. The number of hydrogen-bond donors (Lipinski definition) is 0. The molecule has 2 aromatic rings. The van der Waals surface area contributed by atoms with Crippen molar-refractivity contribution in [1.29, 1.82) is 0 Å². The highest BCUT2D eigenvalue weighted by Crippen LogP contribution is 2.31. The third-order valence-electron chi connectivity index (χ3n) is 3.24. The van der Waals surface area contributed by atoms with E-state index in [-0.39, 0.29) is 0 Å². The molecule has 0 spiro atoms. The smallest absolute Gasteiger partial charge is 0.262 e. The van der Waals surface area contributed by atoms with E-state index in [0.29, 0.717) is 11.1 Å². The van der Waals surface area contributed by atoms with Gasteiger partial charge < -0.3 is 0 Å². The van der Waals surface area contributed by atoms with E-state index >= 15 is 0 Å². The molecule has 23 heavy (non-hydrogen) atoms. The molecule has 0 N–H and O–H groups in total. The summed E-state index contributed by atoms with van der Waals surface area (Å²) >= 11 is 0. The van der Waals surface area contributed by atoms with E-state index in [1.165, 1.54) is 12.1 Å². The number of halogens is 3. The van der Waals surface area contributed by atoms with Crippen LogP contribution in [0.4, 0.5) is 13.2 Å². The van der Waals surface area contributed by atoms with Gasteiger partial charge in [0.15, 0.2) is 0 Å². The van der Waals surface area contributed by atoms with Crippen LogP contribution in [0.3, 0.4) is 0 Å². The van der Waals surface area contributed by atoms with Gasteiger partial charge in [-0.1, -0.05) is 36.4 Å². The summed E-state index contributed by atoms with van der Waals surface area (Å²) < 4.78 is 64.7. The van der Waals surface area contributed by atoms with Gasteiger partial charge in [-0.05, 0) is 35.7 Å². The molecule has 0 bridgehead atoms. The van der Waals surface area contributed by atoms with E-state index in [0.717, 1.165) is 24.0 Å². The normalized spacial score (nSPS) is 13.8. The highest BCUT2D eigenvalue weighted by atomic mass is 32.2. The molecule has 0 saturated heterocycles. The van der Waals surface area contributed by atoms with Gasteiger partial charge in [-0.3, -0.25) is 4.18 Å². The van der Waals surface area contributed by atoms with Crippen molar-refractivity contribution in [1.82, 2.24) is 0 Å². The molecule has 0 saturated carbocycles. The zero-order valence-corrected chi connectivity index (χ0v) is 13.3. The van der Waals surface area contributed by atoms with E-state index < -0.39 is 28.0 Å². The fourth-order valence-electron chi connectivity index (χ4n) is 2.12. The van der Waals surface area contributed by atoms with Crippen LogP contribution in [0, 0.1) is 0 Å². The second-order valence-electron chi connectivity index (χ2n) is 5.14. The van der Waals surface area contributed by atoms with Crippen molar-refractivity contribution in [2.75, 3.05) is 6.26 Å². The van der Waals surface area contributed by atoms with Crippen molar-refractivity contribution in [3.05, 3.63) is 59.7 Å². The molecule has 0 aliphatic carbocycles. The molecule has 124 valence electrons. The Kier molecular flexibility index (Phi) is 4.81. The number of alkyl halides is 3. The number of benzene rings is 2. The third-order valence-corrected chi connectivity index (χ3v) is 3.88. The van der Waals surface area contributed by atoms with E-state index in [4.69, 9.17) is 4.18 Å². The second-order valence-corrected chi connectivity index (χ2v) is 6.74. The summed E-state index contributed by atoms with van der Waals surface area (Å²) in [6.07, 6.45) is -4.02. The summed E-state index contributed by atoms with van der Waals surface area (Å²) in [6.45, 7) is 1.61. The van der Waals surface area contributed by atoms with Crippen LogP contribution >= 0.6 is 0 Å². The van der Waals surface area contributed by atoms with E-state index in [2.05, 4.69) is 0 Å². The third kappa shape index (κ3) is 4.80. The first-order valence-corrected chi connectivity index (χ1v) is 8.54. The maximum absolute atomic E-state index is 12.5. The molecule has 0 amide bonds. The van der Waals surface area contributed by atoms with Gasteiger partial charge in [0.2, 0.25) is 0 Å². The van der Waals surface area contributed by atoms with Gasteiger partial charge in [0.05, 0.1) is 17.9 Å². The quantitative estimate of drug-likeness (QED) is 0.772. The van der Waals surface area contributed by atoms with Crippen LogP contribution in [0.2, 0.25) is 0 Å². The SMILES string of the molecule is CC(OS(C)(=O)=O)c1ccc(-c2ccc(C(F)(F)F)cc2)cc1. The topological polar surface area (TPSA) is 43.4 Å². The minimum atomic E-state index is -4.36. The lowest BCUT2D eigenvalue weighted by atomic mass is 10.0. The number of rotatable bonds is 4. The Morgan fingerprint density at radius 2 is 1.35 bits per heavy atom. The molecule has 7 heteroatoms. The van der Waals surface area contributed by atoms with Gasteiger partial charge in [0, 0.05) is 0 Å². The molecule has 0 aliphatic heterocycles. The van der Waals surface area contributed by atoms with Crippen molar-refractivity contribution in [3.63, 3.8) is 0 Å². The Hall–Kier alpha value is -1.86. The average molecular weight is 344 g/mol. The fourth-order valence-corrected chi connectivity index (χ4v) is 2.75. The molecule has 0 heterocycles. The van der Waals surface area contributed by atoms with Crippen LogP contribution in [-0.2, 0) is 20.5 Å². The minimum absolute atomic E-state index is 0.633. The molecule has 0 aliphatic rings. The predicted octanol–water partition coefficient (Wildman–Crippen LogP) is 4.41. The first-order valence-electron chi connectivity index (χ1n) is 6.72. The summed E-state index contributed by atoms with van der Waals surface area (Å²) in [5.41, 5.74) is 1.33. The van der Waals surface area contributed by atoms with Crippen LogP contribution in [0.5, 0.6) is 0 Å². The Morgan fingerprint density at radius 3 is 1.74 bits per heavy atom. The molecule has 2 aromatic carbocycles. The van der Waals surface area contributed by atoms with Crippen molar-refractivity contribution in [3.8, 4) is 11.1 Å². The maximum atomic E-state index is 12.5. The molecular formula is C16H15F3O3S. The van der Waals surface area contributed by atoms with Crippen molar-refractivity contribution in [2.45, 2.75) is 19.2 Å². The van der Waals surface area contributed by atoms with Crippen LogP contribution in [0.25, 0.3) is 11.1 Å². The Labute approximate surface area is 132 Å². The van der Waals surface area contributed by atoms with E-state index in [1.54, 1.807) is 31.2 Å². The monoisotopic (exact) mass is 344 g/mol. The van der Waals surface area contributed by atoms with Crippen LogP contribution < -0.4 is 0 Å². The molecule has 3 nitrogen and oxygen atoms in total. The molecular weight excluding hydrogens is 329 g/mol. The molecule has 0 radical (unpaired) electrons. The van der Waals surface area contributed by atoms with Crippen molar-refractivity contribution >= 4 is 10.1 Å². The van der Waals surface area contributed by atoms with Crippen LogP contribution in [-0.4, -0.2) is 14.7 Å². The van der Waals surface area contributed by atoms with Gasteiger partial charge in [0.1, 0.15) is 0 Å². The van der Waals surface area contributed by atoms with Gasteiger partial charge in [0.25, 0.3) is 10.1 Å². The highest BCUT2D eigenvalue weighted by Gasteiger charge is 2.29. The van der Waals surface area contributed by atoms with Crippen molar-refractivity contribution in [2.24, 2.45) is 0 Å². The Bertz CT molecular complexity index is 764. The summed E-state index contributed by atoms with van der Waals surface area (Å²) in [7, 11) is -3.56. The lowest BCUT2D eigenvalue weighted by Gasteiger charge is -2.12. The molecule has 1 unspecified atom stereocenters. The van der Waals surface area contributed by atoms with Gasteiger partial charge in [-0.2, -0.15) is 21.6 Å². The number of hydrogen-bond acceptors (Lipinski definition) is 3. The standard InChI is InChI=1S/C16H15F3O3S/c1-11(22-23(2,20)21)12-3-5-13(6-4-12)14-7-9-15(10-8-14)16(17,18)19/h3-11H,1-2H3. The first kappa shape index (κ1) is 17.5. The Balaban J connectivity index is 2.19. The maximum Gasteiger partial charge on any atom is 0.416 e. The first-order chi connectivity index (χ1) is 10.6. The molecule has 1 atom stereocenters. The molecule has 0 aromatic heterocycles. The van der Waals surface area contributed by atoms with Crippen LogP contribution in [0.15, 0.2) is 48.5 Å². The lowest BCUT2D eigenvalue weighted by molar-refractivity contribution is -0.137. The van der Waals surface area contributed by atoms with Gasteiger partial charge in [-0.25, -0.2) is 0 Å². The highest BCUT2D eigenvalue weighted by molar-refractivity contribution is 7.86. The lowest BCUT2D eigenvalue weighted by Crippen LogP contribution is -2.07. The van der Waals surface area contributed by atoms with Crippen LogP contribution in [0.1, 0.15) is 24.2 Å². The summed E-state index contributed by atoms with van der Waals surface area (Å²) in [4.78, 5) is 0. The summed E-state index contributed by atoms with van der Waals surface area (Å²) in [5, 5.41) is 0.